The van der Waals surface area contributed by atoms with E-state index in [4.69, 9.17) is 0 Å². The Morgan fingerprint density at radius 2 is 1.81 bits per heavy atom. The number of nitrogens with zero attached hydrogens (tertiary/aromatic N) is 6. The van der Waals surface area contributed by atoms with Crippen molar-refractivity contribution in [3.63, 3.8) is 0 Å². The number of hydrogen-bond donors (Lipinski definition) is 0. The highest BCUT2D eigenvalue weighted by Crippen LogP contribution is 2.30. The van der Waals surface area contributed by atoms with Gasteiger partial charge in [0.2, 0.25) is 12.3 Å². The number of aryl methyl sites for hydroxylation is 1. The average molecular weight is 432 g/mol. The zero-order chi connectivity index (χ0) is 21.8. The van der Waals surface area contributed by atoms with Gasteiger partial charge in [0, 0.05) is 49.7 Å². The fourth-order valence-corrected chi connectivity index (χ4v) is 3.97. The topological polar surface area (TPSA) is 74.7 Å². The summed E-state index contributed by atoms with van der Waals surface area (Å²) in [4.78, 5) is 29.6. The van der Waals surface area contributed by atoms with Gasteiger partial charge in [-0.05, 0) is 32.3 Å². The first-order valence-corrected chi connectivity index (χ1v) is 10.5. The Bertz CT molecular complexity index is 919. The molecular formula is C21H26F2N6O2. The van der Waals surface area contributed by atoms with Crippen LogP contribution in [0.4, 0.5) is 20.3 Å². The van der Waals surface area contributed by atoms with E-state index in [0.717, 1.165) is 74.0 Å². The lowest BCUT2D eigenvalue weighted by atomic mass is 10.1. The minimum atomic E-state index is -2.81. The highest BCUT2D eigenvalue weighted by Gasteiger charge is 2.28. The number of pyridine rings is 1. The maximum absolute atomic E-state index is 12.0. The van der Waals surface area contributed by atoms with Crippen LogP contribution in [0.2, 0.25) is 0 Å². The fourth-order valence-electron chi connectivity index (χ4n) is 3.97. The normalized spacial score (nSPS) is 17.2. The van der Waals surface area contributed by atoms with Crippen LogP contribution in [0.25, 0.3) is 0 Å². The third kappa shape index (κ3) is 5.00. The molecule has 10 heteroatoms. The van der Waals surface area contributed by atoms with Gasteiger partial charge in [0.1, 0.15) is 11.6 Å². The van der Waals surface area contributed by atoms with Crippen molar-refractivity contribution >= 4 is 17.9 Å². The summed E-state index contributed by atoms with van der Waals surface area (Å²) < 4.78 is 28.2. The van der Waals surface area contributed by atoms with Crippen molar-refractivity contribution in [2.45, 2.75) is 45.9 Å². The molecule has 0 bridgehead atoms. The number of rotatable bonds is 5. The van der Waals surface area contributed by atoms with Gasteiger partial charge in [0.25, 0.3) is 0 Å². The van der Waals surface area contributed by atoms with Crippen molar-refractivity contribution in [3.05, 3.63) is 35.4 Å². The molecule has 0 saturated carbocycles. The maximum Gasteiger partial charge on any atom is 0.388 e. The van der Waals surface area contributed by atoms with Crippen LogP contribution in [0, 0.1) is 6.92 Å². The Balaban J connectivity index is 0.000000150. The van der Waals surface area contributed by atoms with Crippen LogP contribution in [-0.4, -0.2) is 59.1 Å². The number of carbonyl (C=O) groups excluding carboxylic acids is 1. The van der Waals surface area contributed by atoms with Gasteiger partial charge in [-0.15, -0.1) is 0 Å². The van der Waals surface area contributed by atoms with Gasteiger partial charge in [-0.1, -0.05) is 0 Å². The van der Waals surface area contributed by atoms with Crippen molar-refractivity contribution < 1.29 is 18.3 Å². The number of carbonyl (C=O) groups is 1. The molecule has 166 valence electrons. The van der Waals surface area contributed by atoms with Crippen LogP contribution in [-0.2, 0) is 17.9 Å². The highest BCUT2D eigenvalue weighted by molar-refractivity contribution is 5.57. The van der Waals surface area contributed by atoms with E-state index in [2.05, 4.69) is 29.5 Å². The van der Waals surface area contributed by atoms with E-state index in [-0.39, 0.29) is 5.88 Å². The predicted octanol–water partition coefficient (Wildman–Crippen LogP) is 2.75. The maximum atomic E-state index is 12.0. The summed E-state index contributed by atoms with van der Waals surface area (Å²) in [5, 5.41) is 0. The van der Waals surface area contributed by atoms with Crippen molar-refractivity contribution in [1.29, 1.82) is 0 Å². The van der Waals surface area contributed by atoms with Crippen LogP contribution < -0.4 is 14.5 Å². The molecule has 1 amide bonds. The highest BCUT2D eigenvalue weighted by atomic mass is 19.3. The van der Waals surface area contributed by atoms with E-state index < -0.39 is 6.61 Å². The lowest BCUT2D eigenvalue weighted by Crippen LogP contribution is -2.38. The van der Waals surface area contributed by atoms with Gasteiger partial charge in [0.15, 0.2) is 0 Å². The Morgan fingerprint density at radius 3 is 2.45 bits per heavy atom. The quantitative estimate of drug-likeness (QED) is 0.673. The minimum Gasteiger partial charge on any atom is -0.417 e. The van der Waals surface area contributed by atoms with E-state index in [1.807, 2.05) is 13.0 Å². The van der Waals surface area contributed by atoms with Gasteiger partial charge >= 0.3 is 6.61 Å². The Hall–Kier alpha value is -3.04. The number of halogens is 2. The molecule has 5 heterocycles. The first-order valence-electron chi connectivity index (χ1n) is 10.5. The minimum absolute atomic E-state index is 0.0191. The van der Waals surface area contributed by atoms with Gasteiger partial charge < -0.3 is 19.4 Å². The first-order chi connectivity index (χ1) is 15.0. The molecule has 3 aliphatic heterocycles. The molecule has 2 aromatic rings. The fraction of sp³-hybridized carbons (Fsp3) is 0.524. The molecule has 8 nitrogen and oxygen atoms in total. The zero-order valence-electron chi connectivity index (χ0n) is 17.5. The van der Waals surface area contributed by atoms with Crippen molar-refractivity contribution in [1.82, 2.24) is 19.9 Å². The second-order valence-corrected chi connectivity index (χ2v) is 7.80. The van der Waals surface area contributed by atoms with E-state index in [0.29, 0.717) is 13.1 Å². The van der Waals surface area contributed by atoms with Crippen molar-refractivity contribution in [2.75, 3.05) is 36.0 Å². The van der Waals surface area contributed by atoms with Crippen LogP contribution in [0.15, 0.2) is 18.3 Å². The molecule has 0 unspecified atom stereocenters. The molecule has 0 radical (unpaired) electrons. The summed E-state index contributed by atoms with van der Waals surface area (Å²) in [5.74, 6) is 1.82. The molecule has 2 saturated heterocycles. The average Bonchev–Trinajstić information content (AvgIpc) is 3.36. The molecule has 2 fully saturated rings. The van der Waals surface area contributed by atoms with E-state index in [1.54, 1.807) is 11.0 Å². The van der Waals surface area contributed by atoms with Crippen LogP contribution in [0.1, 0.15) is 36.3 Å². The molecule has 0 aromatic carbocycles. The van der Waals surface area contributed by atoms with Gasteiger partial charge in [0.05, 0.1) is 18.8 Å². The molecule has 0 N–H and O–H groups in total. The molecule has 0 spiro atoms. The van der Waals surface area contributed by atoms with E-state index >= 15 is 0 Å². The number of aromatic nitrogens is 3. The molecule has 31 heavy (non-hydrogen) atoms. The lowest BCUT2D eigenvalue weighted by Gasteiger charge is -2.33. The standard InChI is InChI=1S/C11H14N4O.C10H12F2N2O/c1-8-12-10-6-14(7-16)5-9(10)11(13-8)15-3-2-4-15;11-10(12)15-9-7-8(3-4-13-9)14-5-1-2-6-14/h7H,2-6H2,1H3;3-4,7,10H,1-2,5-6H2. The smallest absolute Gasteiger partial charge is 0.388 e. The Labute approximate surface area is 179 Å². The second-order valence-electron chi connectivity index (χ2n) is 7.80. The molecule has 0 atom stereocenters. The molecule has 2 aromatic heterocycles. The van der Waals surface area contributed by atoms with Gasteiger partial charge in [-0.3, -0.25) is 4.79 Å². The van der Waals surface area contributed by atoms with Crippen LogP contribution in [0.3, 0.4) is 0 Å². The molecule has 0 aliphatic carbocycles. The molecule has 3 aliphatic rings. The summed E-state index contributed by atoms with van der Waals surface area (Å²) in [5.41, 5.74) is 3.05. The zero-order valence-corrected chi connectivity index (χ0v) is 17.5. The van der Waals surface area contributed by atoms with E-state index in [1.165, 1.54) is 12.6 Å². The summed E-state index contributed by atoms with van der Waals surface area (Å²) in [6.07, 6.45) is 5.90. The summed E-state index contributed by atoms with van der Waals surface area (Å²) in [6, 6.07) is 3.36. The monoisotopic (exact) mass is 432 g/mol. The number of ether oxygens (including phenoxy) is 1. The first kappa shape index (κ1) is 21.2. The summed E-state index contributed by atoms with van der Waals surface area (Å²) >= 11 is 0. The van der Waals surface area contributed by atoms with Crippen molar-refractivity contribution in [3.8, 4) is 5.88 Å². The van der Waals surface area contributed by atoms with Crippen LogP contribution >= 0.6 is 0 Å². The molecular weight excluding hydrogens is 406 g/mol. The number of alkyl halides is 2. The largest absolute Gasteiger partial charge is 0.417 e. The third-order valence-electron chi connectivity index (χ3n) is 5.60. The second kappa shape index (κ2) is 9.40. The number of hydrogen-bond acceptors (Lipinski definition) is 7. The Kier molecular flexibility index (Phi) is 6.43. The predicted molar refractivity (Wildman–Crippen MR) is 111 cm³/mol. The molecule has 5 rings (SSSR count). The Morgan fingerprint density at radius 1 is 1.06 bits per heavy atom. The van der Waals surface area contributed by atoms with Gasteiger partial charge in [-0.25, -0.2) is 15.0 Å². The van der Waals surface area contributed by atoms with E-state index in [9.17, 15) is 13.6 Å². The lowest BCUT2D eigenvalue weighted by molar-refractivity contribution is -0.118. The summed E-state index contributed by atoms with van der Waals surface area (Å²) in [7, 11) is 0. The summed E-state index contributed by atoms with van der Waals surface area (Å²) in [6.45, 7) is 4.47. The van der Waals surface area contributed by atoms with Crippen LogP contribution in [0.5, 0.6) is 5.88 Å². The van der Waals surface area contributed by atoms with Crippen molar-refractivity contribution in [2.24, 2.45) is 0 Å². The third-order valence-corrected chi connectivity index (χ3v) is 5.60. The van der Waals surface area contributed by atoms with Gasteiger partial charge in [-0.2, -0.15) is 8.78 Å². The number of anilines is 2. The number of fused-ring (bicyclic) bond motifs is 1. The SMILES string of the molecule is Cc1nc2c(c(N3CCC3)n1)CN(C=O)C2.FC(F)Oc1cc(N2CCCC2)ccn1. The number of amides is 1.